The van der Waals surface area contributed by atoms with Gasteiger partial charge >= 0.3 is 0 Å². The lowest BCUT2D eigenvalue weighted by Crippen LogP contribution is -2.24. The molecule has 2 heterocycles. The monoisotopic (exact) mass is 463 g/mol. The molecule has 0 aliphatic carbocycles. The summed E-state index contributed by atoms with van der Waals surface area (Å²) in [5, 5.41) is 14.3. The third-order valence-electron chi connectivity index (χ3n) is 3.85. The van der Waals surface area contributed by atoms with Crippen molar-refractivity contribution in [2.45, 2.75) is 18.6 Å². The van der Waals surface area contributed by atoms with Gasteiger partial charge in [-0.1, -0.05) is 27.7 Å². The molecule has 1 aromatic carbocycles. The predicted molar refractivity (Wildman–Crippen MR) is 109 cm³/mol. The third-order valence-corrected chi connectivity index (χ3v) is 5.76. The SMILES string of the molecule is Cc1cc(NC(=O)CSc2nnc(CNC(=O)c3ccco3)n2C)ccc1Br. The lowest BCUT2D eigenvalue weighted by atomic mass is 10.2. The minimum Gasteiger partial charge on any atom is -0.459 e. The van der Waals surface area contributed by atoms with Crippen molar-refractivity contribution in [3.8, 4) is 0 Å². The number of aryl methyl sites for hydroxylation is 1. The number of nitrogens with one attached hydrogen (secondary N) is 2. The first-order chi connectivity index (χ1) is 13.4. The minimum atomic E-state index is -0.327. The van der Waals surface area contributed by atoms with Gasteiger partial charge in [-0.3, -0.25) is 9.59 Å². The topological polar surface area (TPSA) is 102 Å². The number of carbonyl (C=O) groups excluding carboxylic acids is 2. The summed E-state index contributed by atoms with van der Waals surface area (Å²) in [6.45, 7) is 2.16. The van der Waals surface area contributed by atoms with E-state index in [9.17, 15) is 9.59 Å². The molecule has 2 aromatic heterocycles. The summed E-state index contributed by atoms with van der Waals surface area (Å²) in [6.07, 6.45) is 1.44. The molecule has 0 unspecified atom stereocenters. The van der Waals surface area contributed by atoms with Gasteiger partial charge in [-0.25, -0.2) is 0 Å². The van der Waals surface area contributed by atoms with Crippen LogP contribution in [-0.4, -0.2) is 32.3 Å². The summed E-state index contributed by atoms with van der Waals surface area (Å²) in [5.41, 5.74) is 1.78. The number of nitrogens with zero attached hydrogens (tertiary/aromatic N) is 3. The Morgan fingerprint density at radius 3 is 2.82 bits per heavy atom. The van der Waals surface area contributed by atoms with Crippen LogP contribution in [0.15, 0.2) is 50.6 Å². The van der Waals surface area contributed by atoms with Gasteiger partial charge in [-0.15, -0.1) is 10.2 Å². The molecule has 0 radical (unpaired) electrons. The van der Waals surface area contributed by atoms with Crippen molar-refractivity contribution in [2.75, 3.05) is 11.1 Å². The second-order valence-electron chi connectivity index (χ2n) is 5.92. The molecule has 146 valence electrons. The second kappa shape index (κ2) is 9.07. The molecule has 2 N–H and O–H groups in total. The van der Waals surface area contributed by atoms with Gasteiger partial charge in [-0.2, -0.15) is 0 Å². The molecule has 2 amide bonds. The zero-order valence-electron chi connectivity index (χ0n) is 15.2. The van der Waals surface area contributed by atoms with Gasteiger partial charge in [0.15, 0.2) is 16.7 Å². The Balaban J connectivity index is 1.51. The average molecular weight is 464 g/mol. The van der Waals surface area contributed by atoms with Crippen molar-refractivity contribution in [1.29, 1.82) is 0 Å². The van der Waals surface area contributed by atoms with Crippen LogP contribution in [0.4, 0.5) is 5.69 Å². The van der Waals surface area contributed by atoms with Crippen molar-refractivity contribution in [3.63, 3.8) is 0 Å². The fraction of sp³-hybridized carbons (Fsp3) is 0.222. The first-order valence-corrected chi connectivity index (χ1v) is 10.1. The number of furan rings is 1. The van der Waals surface area contributed by atoms with Crippen molar-refractivity contribution in [1.82, 2.24) is 20.1 Å². The van der Waals surface area contributed by atoms with Gasteiger partial charge in [0.1, 0.15) is 0 Å². The van der Waals surface area contributed by atoms with E-state index in [0.717, 1.165) is 15.7 Å². The van der Waals surface area contributed by atoms with Crippen molar-refractivity contribution in [3.05, 3.63) is 58.2 Å². The predicted octanol–water partition coefficient (Wildman–Crippen LogP) is 3.14. The highest BCUT2D eigenvalue weighted by atomic mass is 79.9. The van der Waals surface area contributed by atoms with Crippen LogP contribution in [0.25, 0.3) is 0 Å². The number of hydrogen-bond donors (Lipinski definition) is 2. The van der Waals surface area contributed by atoms with Crippen LogP contribution in [0.3, 0.4) is 0 Å². The fourth-order valence-electron chi connectivity index (χ4n) is 2.33. The fourth-order valence-corrected chi connectivity index (χ4v) is 3.31. The summed E-state index contributed by atoms with van der Waals surface area (Å²) in [4.78, 5) is 24.1. The molecule has 0 aliphatic heterocycles. The zero-order chi connectivity index (χ0) is 20.1. The lowest BCUT2D eigenvalue weighted by Gasteiger charge is -2.07. The maximum atomic E-state index is 12.2. The van der Waals surface area contributed by atoms with Crippen LogP contribution >= 0.6 is 27.7 Å². The largest absolute Gasteiger partial charge is 0.459 e. The summed E-state index contributed by atoms with van der Waals surface area (Å²) < 4.78 is 7.77. The Hall–Kier alpha value is -2.59. The number of amides is 2. The highest BCUT2D eigenvalue weighted by molar-refractivity contribution is 9.10. The molecular formula is C18H18BrN5O3S. The van der Waals surface area contributed by atoms with E-state index in [1.165, 1.54) is 18.0 Å². The molecule has 0 atom stereocenters. The molecule has 8 nitrogen and oxygen atoms in total. The summed E-state index contributed by atoms with van der Waals surface area (Å²) in [6, 6.07) is 8.85. The van der Waals surface area contributed by atoms with E-state index in [2.05, 4.69) is 36.8 Å². The van der Waals surface area contributed by atoms with Crippen LogP contribution in [0, 0.1) is 6.92 Å². The third kappa shape index (κ3) is 5.02. The minimum absolute atomic E-state index is 0.137. The maximum absolute atomic E-state index is 12.2. The Morgan fingerprint density at radius 2 is 2.11 bits per heavy atom. The molecule has 10 heteroatoms. The number of anilines is 1. The van der Waals surface area contributed by atoms with E-state index in [1.807, 2.05) is 25.1 Å². The molecule has 3 rings (SSSR count). The van der Waals surface area contributed by atoms with Crippen LogP contribution in [-0.2, 0) is 18.4 Å². The van der Waals surface area contributed by atoms with Gasteiger partial charge in [0, 0.05) is 17.2 Å². The van der Waals surface area contributed by atoms with E-state index in [4.69, 9.17) is 4.42 Å². The molecule has 0 saturated carbocycles. The van der Waals surface area contributed by atoms with E-state index < -0.39 is 0 Å². The van der Waals surface area contributed by atoms with Crippen molar-refractivity contribution >= 4 is 45.2 Å². The Kier molecular flexibility index (Phi) is 6.53. The number of rotatable bonds is 7. The molecule has 3 aromatic rings. The highest BCUT2D eigenvalue weighted by Crippen LogP contribution is 2.21. The molecule has 0 bridgehead atoms. The van der Waals surface area contributed by atoms with Crippen molar-refractivity contribution < 1.29 is 14.0 Å². The number of carbonyl (C=O) groups is 2. The number of benzene rings is 1. The number of halogens is 1. The summed E-state index contributed by atoms with van der Waals surface area (Å²) >= 11 is 4.71. The summed E-state index contributed by atoms with van der Waals surface area (Å²) in [7, 11) is 1.78. The Morgan fingerprint density at radius 1 is 1.29 bits per heavy atom. The van der Waals surface area contributed by atoms with Gasteiger partial charge < -0.3 is 19.6 Å². The van der Waals surface area contributed by atoms with Crippen LogP contribution in [0.2, 0.25) is 0 Å². The molecular weight excluding hydrogens is 446 g/mol. The number of thioether (sulfide) groups is 1. The molecule has 0 spiro atoms. The van der Waals surface area contributed by atoms with E-state index in [-0.39, 0.29) is 29.9 Å². The zero-order valence-corrected chi connectivity index (χ0v) is 17.6. The molecule has 0 fully saturated rings. The van der Waals surface area contributed by atoms with E-state index in [0.29, 0.717) is 11.0 Å². The smallest absolute Gasteiger partial charge is 0.287 e. The van der Waals surface area contributed by atoms with E-state index >= 15 is 0 Å². The average Bonchev–Trinajstić information content (AvgIpc) is 3.32. The van der Waals surface area contributed by atoms with Gasteiger partial charge in [0.25, 0.3) is 5.91 Å². The number of hydrogen-bond acceptors (Lipinski definition) is 6. The highest BCUT2D eigenvalue weighted by Gasteiger charge is 2.14. The van der Waals surface area contributed by atoms with E-state index in [1.54, 1.807) is 23.7 Å². The standard InChI is InChI=1S/C18H18BrN5O3S/c1-11-8-12(5-6-13(11)19)21-16(25)10-28-18-23-22-15(24(18)2)9-20-17(26)14-4-3-7-27-14/h3-8H,9-10H2,1-2H3,(H,20,26)(H,21,25). The van der Waals surface area contributed by atoms with Gasteiger partial charge in [-0.05, 0) is 42.8 Å². The lowest BCUT2D eigenvalue weighted by molar-refractivity contribution is -0.113. The summed E-state index contributed by atoms with van der Waals surface area (Å²) in [5.74, 6) is 0.538. The van der Waals surface area contributed by atoms with Gasteiger partial charge in [0.05, 0.1) is 18.6 Å². The first-order valence-electron chi connectivity index (χ1n) is 8.33. The molecule has 0 aliphatic rings. The molecule has 0 saturated heterocycles. The van der Waals surface area contributed by atoms with Crippen LogP contribution in [0.1, 0.15) is 21.9 Å². The maximum Gasteiger partial charge on any atom is 0.287 e. The van der Waals surface area contributed by atoms with Crippen LogP contribution in [0.5, 0.6) is 0 Å². The quantitative estimate of drug-likeness (QED) is 0.521. The second-order valence-corrected chi connectivity index (χ2v) is 7.72. The number of aromatic nitrogens is 3. The normalized spacial score (nSPS) is 10.7. The molecule has 28 heavy (non-hydrogen) atoms. The first kappa shape index (κ1) is 20.2. The Labute approximate surface area is 174 Å². The Bertz CT molecular complexity index is 987. The van der Waals surface area contributed by atoms with Gasteiger partial charge in [0.2, 0.25) is 5.91 Å². The van der Waals surface area contributed by atoms with Crippen LogP contribution < -0.4 is 10.6 Å². The van der Waals surface area contributed by atoms with Crippen molar-refractivity contribution in [2.24, 2.45) is 7.05 Å².